The van der Waals surface area contributed by atoms with Crippen LogP contribution in [0.4, 0.5) is 10.1 Å². The second-order valence-electron chi connectivity index (χ2n) is 4.58. The van der Waals surface area contributed by atoms with Gasteiger partial charge in [0, 0.05) is 11.3 Å². The fourth-order valence-corrected chi connectivity index (χ4v) is 1.68. The molecule has 0 heterocycles. The zero-order valence-electron chi connectivity index (χ0n) is 11.7. The molecule has 0 aliphatic heterocycles. The van der Waals surface area contributed by atoms with Gasteiger partial charge >= 0.3 is 5.97 Å². The molecular weight excluding hydrogens is 289 g/mol. The fraction of sp³-hybridized carbons (Fsp3) is 0.125. The first-order chi connectivity index (χ1) is 10.5. The van der Waals surface area contributed by atoms with E-state index in [9.17, 15) is 14.0 Å². The van der Waals surface area contributed by atoms with Crippen molar-refractivity contribution in [3.8, 4) is 5.75 Å². The van der Waals surface area contributed by atoms with Crippen molar-refractivity contribution in [2.24, 2.45) is 0 Å². The lowest BCUT2D eigenvalue weighted by molar-refractivity contribution is -0.144. The molecule has 5 nitrogen and oxygen atoms in total. The molecule has 0 radical (unpaired) electrons. The van der Waals surface area contributed by atoms with E-state index in [1.165, 1.54) is 55.5 Å². The maximum Gasteiger partial charge on any atom is 0.344 e. The average Bonchev–Trinajstić information content (AvgIpc) is 2.50. The smallest absolute Gasteiger partial charge is 0.344 e. The van der Waals surface area contributed by atoms with E-state index < -0.39 is 12.1 Å². The maximum absolute atomic E-state index is 12.8. The minimum absolute atomic E-state index is 0.355. The molecule has 0 aromatic heterocycles. The molecule has 1 amide bonds. The van der Waals surface area contributed by atoms with Crippen molar-refractivity contribution in [2.75, 3.05) is 5.32 Å². The molecule has 6 heteroatoms. The summed E-state index contributed by atoms with van der Waals surface area (Å²) >= 11 is 0. The molecule has 114 valence electrons. The van der Waals surface area contributed by atoms with E-state index >= 15 is 0 Å². The Morgan fingerprint density at radius 3 is 2.23 bits per heavy atom. The molecular formula is C16H14FNO4. The molecule has 0 spiro atoms. The quantitative estimate of drug-likeness (QED) is 0.890. The highest BCUT2D eigenvalue weighted by atomic mass is 19.1. The number of anilines is 1. The normalized spacial score (nSPS) is 11.5. The van der Waals surface area contributed by atoms with Crippen LogP contribution in [0.1, 0.15) is 17.3 Å². The summed E-state index contributed by atoms with van der Waals surface area (Å²) in [7, 11) is 0. The Labute approximate surface area is 126 Å². The van der Waals surface area contributed by atoms with Crippen molar-refractivity contribution in [2.45, 2.75) is 13.0 Å². The number of amides is 1. The molecule has 2 rings (SSSR count). The molecule has 0 aliphatic carbocycles. The number of nitrogens with one attached hydrogen (secondary N) is 1. The fourth-order valence-electron chi connectivity index (χ4n) is 1.68. The lowest BCUT2D eigenvalue weighted by Crippen LogP contribution is -2.22. The van der Waals surface area contributed by atoms with Crippen molar-refractivity contribution in [1.82, 2.24) is 0 Å². The predicted octanol–water partition coefficient (Wildman–Crippen LogP) is 2.93. The van der Waals surface area contributed by atoms with Gasteiger partial charge in [-0.15, -0.1) is 0 Å². The van der Waals surface area contributed by atoms with Crippen molar-refractivity contribution >= 4 is 17.6 Å². The Kier molecular flexibility index (Phi) is 4.73. The number of carboxylic acid groups (broad SMARTS) is 1. The van der Waals surface area contributed by atoms with Crippen LogP contribution >= 0.6 is 0 Å². The van der Waals surface area contributed by atoms with E-state index in [1.807, 2.05) is 0 Å². The van der Waals surface area contributed by atoms with Crippen LogP contribution in [0, 0.1) is 5.82 Å². The second-order valence-corrected chi connectivity index (χ2v) is 4.58. The van der Waals surface area contributed by atoms with E-state index in [2.05, 4.69) is 5.32 Å². The zero-order valence-corrected chi connectivity index (χ0v) is 11.7. The molecule has 0 aliphatic rings. The van der Waals surface area contributed by atoms with Crippen LogP contribution < -0.4 is 10.1 Å². The molecule has 0 saturated heterocycles. The molecule has 0 bridgehead atoms. The molecule has 0 saturated carbocycles. The highest BCUT2D eigenvalue weighted by Crippen LogP contribution is 2.16. The summed E-state index contributed by atoms with van der Waals surface area (Å²) in [5.74, 6) is -1.46. The van der Waals surface area contributed by atoms with Crippen LogP contribution in [-0.2, 0) is 4.79 Å². The highest BCUT2D eigenvalue weighted by molar-refractivity contribution is 6.04. The third-order valence-corrected chi connectivity index (χ3v) is 2.88. The number of benzene rings is 2. The number of rotatable bonds is 5. The van der Waals surface area contributed by atoms with Gasteiger partial charge in [0.15, 0.2) is 6.10 Å². The number of halogens is 1. The number of carbonyl (C=O) groups is 2. The molecule has 0 fully saturated rings. The van der Waals surface area contributed by atoms with E-state index in [0.29, 0.717) is 17.0 Å². The van der Waals surface area contributed by atoms with Crippen molar-refractivity contribution < 1.29 is 23.8 Å². The van der Waals surface area contributed by atoms with Gasteiger partial charge in [-0.2, -0.15) is 0 Å². The third kappa shape index (κ3) is 4.05. The topological polar surface area (TPSA) is 75.6 Å². The van der Waals surface area contributed by atoms with Gasteiger partial charge in [0.2, 0.25) is 0 Å². The Bertz CT molecular complexity index is 668. The molecule has 2 N–H and O–H groups in total. The number of hydrogen-bond donors (Lipinski definition) is 2. The van der Waals surface area contributed by atoms with E-state index in [4.69, 9.17) is 9.84 Å². The third-order valence-electron chi connectivity index (χ3n) is 2.88. The SMILES string of the molecule is C[C@H](Oc1ccc(C(=O)Nc2ccc(F)cc2)cc1)C(=O)O. The standard InChI is InChI=1S/C16H14FNO4/c1-10(16(20)21)22-14-8-2-11(3-9-14)15(19)18-13-6-4-12(17)5-7-13/h2-10H,1H3,(H,18,19)(H,20,21)/t10-/m0/s1. The summed E-state index contributed by atoms with van der Waals surface area (Å²) in [6.45, 7) is 1.41. The maximum atomic E-state index is 12.8. The number of ether oxygens (including phenoxy) is 1. The van der Waals surface area contributed by atoms with Gasteiger partial charge in [0.25, 0.3) is 5.91 Å². The first-order valence-electron chi connectivity index (χ1n) is 6.52. The molecule has 2 aromatic carbocycles. The predicted molar refractivity (Wildman–Crippen MR) is 78.5 cm³/mol. The molecule has 2 aromatic rings. The van der Waals surface area contributed by atoms with Gasteiger partial charge in [-0.1, -0.05) is 0 Å². The monoisotopic (exact) mass is 303 g/mol. The Balaban J connectivity index is 2.01. The van der Waals surface area contributed by atoms with E-state index in [-0.39, 0.29) is 11.7 Å². The summed E-state index contributed by atoms with van der Waals surface area (Å²) < 4.78 is 18.0. The van der Waals surface area contributed by atoms with Gasteiger partial charge < -0.3 is 15.2 Å². The number of hydrogen-bond acceptors (Lipinski definition) is 3. The lowest BCUT2D eigenvalue weighted by Gasteiger charge is -2.11. The Hall–Kier alpha value is -2.89. The van der Waals surface area contributed by atoms with Crippen LogP contribution in [0.25, 0.3) is 0 Å². The summed E-state index contributed by atoms with van der Waals surface area (Å²) in [4.78, 5) is 22.7. The highest BCUT2D eigenvalue weighted by Gasteiger charge is 2.13. The Morgan fingerprint density at radius 2 is 1.68 bits per heavy atom. The van der Waals surface area contributed by atoms with Crippen molar-refractivity contribution in [1.29, 1.82) is 0 Å². The van der Waals surface area contributed by atoms with Crippen molar-refractivity contribution in [3.05, 3.63) is 59.9 Å². The van der Waals surface area contributed by atoms with E-state index in [1.54, 1.807) is 0 Å². The van der Waals surface area contributed by atoms with E-state index in [0.717, 1.165) is 0 Å². The van der Waals surface area contributed by atoms with Crippen LogP contribution in [0.3, 0.4) is 0 Å². The lowest BCUT2D eigenvalue weighted by atomic mass is 10.2. The van der Waals surface area contributed by atoms with Crippen LogP contribution in [0.2, 0.25) is 0 Å². The van der Waals surface area contributed by atoms with Gasteiger partial charge in [0.05, 0.1) is 0 Å². The number of carbonyl (C=O) groups excluding carboxylic acids is 1. The van der Waals surface area contributed by atoms with Gasteiger partial charge in [-0.25, -0.2) is 9.18 Å². The summed E-state index contributed by atoms with van der Waals surface area (Å²) in [5, 5.41) is 11.4. The first kappa shape index (κ1) is 15.5. The number of aliphatic carboxylic acids is 1. The van der Waals surface area contributed by atoms with Crippen LogP contribution in [0.15, 0.2) is 48.5 Å². The van der Waals surface area contributed by atoms with Crippen molar-refractivity contribution in [3.63, 3.8) is 0 Å². The summed E-state index contributed by atoms with van der Waals surface area (Å²) in [6, 6.07) is 11.5. The summed E-state index contributed by atoms with van der Waals surface area (Å²) in [5.41, 5.74) is 0.853. The second kappa shape index (κ2) is 6.71. The van der Waals surface area contributed by atoms with Crippen LogP contribution in [0.5, 0.6) is 5.75 Å². The van der Waals surface area contributed by atoms with Gasteiger partial charge in [-0.05, 0) is 55.5 Å². The van der Waals surface area contributed by atoms with Crippen LogP contribution in [-0.4, -0.2) is 23.1 Å². The Morgan fingerprint density at radius 1 is 1.09 bits per heavy atom. The molecule has 1 atom stereocenters. The minimum atomic E-state index is -1.07. The largest absolute Gasteiger partial charge is 0.479 e. The minimum Gasteiger partial charge on any atom is -0.479 e. The zero-order chi connectivity index (χ0) is 16.1. The molecule has 22 heavy (non-hydrogen) atoms. The number of carboxylic acids is 1. The molecule has 0 unspecified atom stereocenters. The summed E-state index contributed by atoms with van der Waals surface area (Å²) in [6.07, 6.45) is -0.973. The van der Waals surface area contributed by atoms with Gasteiger partial charge in [-0.3, -0.25) is 4.79 Å². The van der Waals surface area contributed by atoms with Gasteiger partial charge in [0.1, 0.15) is 11.6 Å². The average molecular weight is 303 g/mol. The first-order valence-corrected chi connectivity index (χ1v) is 6.52.